The lowest BCUT2D eigenvalue weighted by atomic mass is 9.89. The van der Waals surface area contributed by atoms with E-state index < -0.39 is 6.10 Å². The van der Waals surface area contributed by atoms with E-state index in [1.165, 1.54) is 0 Å². The summed E-state index contributed by atoms with van der Waals surface area (Å²) in [4.78, 5) is 0. The van der Waals surface area contributed by atoms with Crippen LogP contribution in [0.4, 0.5) is 0 Å². The van der Waals surface area contributed by atoms with E-state index in [-0.39, 0.29) is 19.1 Å². The van der Waals surface area contributed by atoms with Crippen LogP contribution in [0.15, 0.2) is 23.3 Å². The van der Waals surface area contributed by atoms with E-state index >= 15 is 0 Å². The van der Waals surface area contributed by atoms with E-state index in [0.29, 0.717) is 5.57 Å². The Balaban J connectivity index is 2.83. The van der Waals surface area contributed by atoms with Gasteiger partial charge in [0.1, 0.15) is 0 Å². The van der Waals surface area contributed by atoms with Crippen molar-refractivity contribution in [1.29, 1.82) is 0 Å². The third-order valence-corrected chi connectivity index (χ3v) is 2.07. The predicted molar refractivity (Wildman–Crippen MR) is 45.5 cm³/mol. The first kappa shape index (κ1) is 9.45. The highest BCUT2D eigenvalue weighted by molar-refractivity contribution is 5.31. The summed E-state index contributed by atoms with van der Waals surface area (Å²) in [6, 6.07) is 0. The third-order valence-electron chi connectivity index (χ3n) is 2.07. The molecular weight excluding hydrogens is 156 g/mol. The highest BCUT2D eigenvalue weighted by Gasteiger charge is 2.22. The average molecular weight is 170 g/mol. The highest BCUT2D eigenvalue weighted by Crippen LogP contribution is 2.22. The van der Waals surface area contributed by atoms with E-state index in [0.717, 1.165) is 5.57 Å². The lowest BCUT2D eigenvalue weighted by Crippen LogP contribution is -2.28. The standard InChI is InChI=1S/C9H14O3/c1-6-2-7(4-10)9(12)8(3-6)5-11/h2-3,7,9-12H,4-5H2,1H3. The molecular formula is C9H14O3. The summed E-state index contributed by atoms with van der Waals surface area (Å²) in [6.45, 7) is 1.64. The van der Waals surface area contributed by atoms with E-state index in [1.807, 2.05) is 13.0 Å². The number of aliphatic hydroxyl groups excluding tert-OH is 3. The second-order valence-electron chi connectivity index (χ2n) is 3.08. The molecule has 0 heterocycles. The maximum absolute atomic E-state index is 9.51. The molecule has 68 valence electrons. The van der Waals surface area contributed by atoms with Gasteiger partial charge in [0.2, 0.25) is 0 Å². The first-order valence-corrected chi connectivity index (χ1v) is 3.97. The van der Waals surface area contributed by atoms with Gasteiger partial charge in [-0.05, 0) is 12.5 Å². The molecule has 0 spiro atoms. The van der Waals surface area contributed by atoms with Crippen LogP contribution in [0.3, 0.4) is 0 Å². The molecule has 2 unspecified atom stereocenters. The van der Waals surface area contributed by atoms with Crippen molar-refractivity contribution in [3.63, 3.8) is 0 Å². The molecule has 0 saturated carbocycles. The Labute approximate surface area is 71.7 Å². The summed E-state index contributed by atoms with van der Waals surface area (Å²) in [5.41, 5.74) is 1.55. The molecule has 3 nitrogen and oxygen atoms in total. The smallest absolute Gasteiger partial charge is 0.0860 e. The van der Waals surface area contributed by atoms with Gasteiger partial charge in [-0.1, -0.05) is 17.7 Å². The van der Waals surface area contributed by atoms with Crippen molar-refractivity contribution in [2.75, 3.05) is 13.2 Å². The Hall–Kier alpha value is -0.640. The molecule has 1 rings (SSSR count). The van der Waals surface area contributed by atoms with Crippen LogP contribution in [-0.2, 0) is 0 Å². The summed E-state index contributed by atoms with van der Waals surface area (Å²) in [6.07, 6.45) is 2.82. The van der Waals surface area contributed by atoms with Crippen LogP contribution >= 0.6 is 0 Å². The van der Waals surface area contributed by atoms with E-state index in [1.54, 1.807) is 6.08 Å². The van der Waals surface area contributed by atoms with Gasteiger partial charge in [-0.3, -0.25) is 0 Å². The minimum atomic E-state index is -0.733. The van der Waals surface area contributed by atoms with Crippen molar-refractivity contribution < 1.29 is 15.3 Å². The van der Waals surface area contributed by atoms with Crippen molar-refractivity contribution in [3.8, 4) is 0 Å². The molecule has 0 aromatic carbocycles. The molecule has 2 atom stereocenters. The van der Waals surface area contributed by atoms with Gasteiger partial charge in [-0.15, -0.1) is 0 Å². The molecule has 12 heavy (non-hydrogen) atoms. The van der Waals surface area contributed by atoms with Gasteiger partial charge in [-0.2, -0.15) is 0 Å². The predicted octanol–water partition coefficient (Wildman–Crippen LogP) is -0.166. The van der Waals surface area contributed by atoms with Crippen LogP contribution in [0.2, 0.25) is 0 Å². The molecule has 0 saturated heterocycles. The van der Waals surface area contributed by atoms with Gasteiger partial charge in [0.15, 0.2) is 0 Å². The fraction of sp³-hybridized carbons (Fsp3) is 0.556. The van der Waals surface area contributed by atoms with Crippen molar-refractivity contribution in [2.24, 2.45) is 5.92 Å². The molecule has 0 amide bonds. The van der Waals surface area contributed by atoms with Gasteiger partial charge in [0.25, 0.3) is 0 Å². The van der Waals surface area contributed by atoms with Gasteiger partial charge < -0.3 is 15.3 Å². The van der Waals surface area contributed by atoms with Crippen molar-refractivity contribution in [2.45, 2.75) is 13.0 Å². The maximum atomic E-state index is 9.51. The SMILES string of the molecule is CC1=CC(CO)C(O)C(CO)=C1. The zero-order valence-electron chi connectivity index (χ0n) is 7.07. The van der Waals surface area contributed by atoms with Crippen LogP contribution in [0.5, 0.6) is 0 Å². The second kappa shape index (κ2) is 3.85. The first-order chi connectivity index (χ1) is 5.69. The Kier molecular flexibility index (Phi) is 3.03. The van der Waals surface area contributed by atoms with E-state index in [9.17, 15) is 5.11 Å². The third kappa shape index (κ3) is 1.75. The monoisotopic (exact) mass is 170 g/mol. The fourth-order valence-electron chi connectivity index (χ4n) is 1.42. The molecule has 0 fully saturated rings. The molecule has 0 aliphatic heterocycles. The van der Waals surface area contributed by atoms with Crippen molar-refractivity contribution >= 4 is 0 Å². The van der Waals surface area contributed by atoms with Crippen LogP contribution in [0.25, 0.3) is 0 Å². The average Bonchev–Trinajstić information content (AvgIpc) is 2.08. The Morgan fingerprint density at radius 1 is 1.42 bits per heavy atom. The maximum Gasteiger partial charge on any atom is 0.0860 e. The summed E-state index contributed by atoms with van der Waals surface area (Å²) in [5, 5.41) is 27.2. The Bertz CT molecular complexity index is 218. The quantitative estimate of drug-likeness (QED) is 0.539. The molecule has 1 aliphatic carbocycles. The number of hydrogen-bond acceptors (Lipinski definition) is 3. The first-order valence-electron chi connectivity index (χ1n) is 3.97. The zero-order chi connectivity index (χ0) is 9.14. The van der Waals surface area contributed by atoms with E-state index in [2.05, 4.69) is 0 Å². The lowest BCUT2D eigenvalue weighted by Gasteiger charge is -2.24. The summed E-state index contributed by atoms with van der Waals surface area (Å²) in [7, 11) is 0. The van der Waals surface area contributed by atoms with Gasteiger partial charge in [0, 0.05) is 5.92 Å². The number of allylic oxidation sites excluding steroid dienone is 2. The molecule has 3 N–H and O–H groups in total. The summed E-state index contributed by atoms with van der Waals surface area (Å²) in [5.74, 6) is -0.267. The minimum absolute atomic E-state index is 0.0875. The van der Waals surface area contributed by atoms with Crippen molar-refractivity contribution in [1.82, 2.24) is 0 Å². The Morgan fingerprint density at radius 2 is 2.08 bits per heavy atom. The van der Waals surface area contributed by atoms with Crippen molar-refractivity contribution in [3.05, 3.63) is 23.3 Å². The van der Waals surface area contributed by atoms with Crippen LogP contribution < -0.4 is 0 Å². The summed E-state index contributed by atoms with van der Waals surface area (Å²) < 4.78 is 0. The van der Waals surface area contributed by atoms with Crippen LogP contribution in [-0.4, -0.2) is 34.6 Å². The van der Waals surface area contributed by atoms with E-state index in [4.69, 9.17) is 10.2 Å². The minimum Gasteiger partial charge on any atom is -0.396 e. The lowest BCUT2D eigenvalue weighted by molar-refractivity contribution is 0.106. The van der Waals surface area contributed by atoms with Gasteiger partial charge in [-0.25, -0.2) is 0 Å². The van der Waals surface area contributed by atoms with Crippen LogP contribution in [0.1, 0.15) is 6.92 Å². The van der Waals surface area contributed by atoms with Gasteiger partial charge in [0.05, 0.1) is 19.3 Å². The molecule has 1 aliphatic rings. The zero-order valence-corrected chi connectivity index (χ0v) is 7.07. The molecule has 3 heteroatoms. The number of rotatable bonds is 2. The Morgan fingerprint density at radius 3 is 2.58 bits per heavy atom. The number of aliphatic hydroxyl groups is 3. The van der Waals surface area contributed by atoms with Crippen LogP contribution in [0, 0.1) is 5.92 Å². The fourth-order valence-corrected chi connectivity index (χ4v) is 1.42. The largest absolute Gasteiger partial charge is 0.396 e. The molecule has 0 bridgehead atoms. The van der Waals surface area contributed by atoms with Gasteiger partial charge >= 0.3 is 0 Å². The topological polar surface area (TPSA) is 60.7 Å². The molecule has 0 radical (unpaired) electrons. The summed E-state index contributed by atoms with van der Waals surface area (Å²) >= 11 is 0. The second-order valence-corrected chi connectivity index (χ2v) is 3.08. The molecule has 0 aromatic rings. The highest BCUT2D eigenvalue weighted by atomic mass is 16.3. The normalized spacial score (nSPS) is 29.7. The molecule has 0 aromatic heterocycles. The number of hydrogen-bond donors (Lipinski definition) is 3.